The van der Waals surface area contributed by atoms with E-state index in [1.54, 1.807) is 0 Å². The van der Waals surface area contributed by atoms with Gasteiger partial charge in [0.05, 0.1) is 20.8 Å². The molecule has 12 nitrogen and oxygen atoms in total. The predicted octanol–water partition coefficient (Wildman–Crippen LogP) is 0.256. The molecular formula is C19H26N8O4S. The van der Waals surface area contributed by atoms with Crippen molar-refractivity contribution in [1.29, 1.82) is 0 Å². The number of carbonyl (C=O) groups excluding carboxylic acids is 1. The fraction of sp³-hybridized carbons (Fsp3) is 0.421. The lowest BCUT2D eigenvalue weighted by atomic mass is 10.3. The Morgan fingerprint density at radius 2 is 1.88 bits per heavy atom. The standard InChI is InChI=1S/C19H26N8O4S/c1-4-14(29)22-13-11-12(20)21-19(23-13)32-15-16(30-2)24-18(25-17(15)31-3)27-7-5-26(6-8-27)9-10-28/h4,11,28H,1,5-10H2,2-3H3,(H3,20,21,22,23,29). The number of rotatable bonds is 9. The fourth-order valence-corrected chi connectivity index (χ4v) is 3.95. The molecule has 2 aromatic rings. The second-order valence-corrected chi connectivity index (χ2v) is 7.66. The van der Waals surface area contributed by atoms with E-state index in [9.17, 15) is 4.79 Å². The van der Waals surface area contributed by atoms with Crippen LogP contribution in [0.25, 0.3) is 0 Å². The molecule has 1 saturated heterocycles. The number of nitrogen functional groups attached to an aromatic ring is 1. The number of methoxy groups -OCH3 is 2. The second-order valence-electron chi connectivity index (χ2n) is 6.68. The van der Waals surface area contributed by atoms with E-state index >= 15 is 0 Å². The SMILES string of the molecule is C=CC(=O)Nc1cc(N)nc(Sc2c(OC)nc(N3CCN(CCO)CC3)nc2OC)n1. The van der Waals surface area contributed by atoms with Crippen LogP contribution in [-0.2, 0) is 4.79 Å². The molecule has 3 heterocycles. The number of carbonyl (C=O) groups is 1. The normalized spacial score (nSPS) is 14.2. The van der Waals surface area contributed by atoms with Crippen molar-refractivity contribution in [2.45, 2.75) is 10.1 Å². The first-order valence-electron chi connectivity index (χ1n) is 9.81. The summed E-state index contributed by atoms with van der Waals surface area (Å²) in [5.74, 6) is 1.09. The summed E-state index contributed by atoms with van der Waals surface area (Å²) in [6.07, 6.45) is 1.13. The molecule has 0 aliphatic carbocycles. The van der Waals surface area contributed by atoms with Crippen molar-refractivity contribution in [3.63, 3.8) is 0 Å². The summed E-state index contributed by atoms with van der Waals surface area (Å²) in [5, 5.41) is 11.9. The minimum atomic E-state index is -0.416. The van der Waals surface area contributed by atoms with Crippen LogP contribution in [0.5, 0.6) is 11.8 Å². The van der Waals surface area contributed by atoms with Crippen molar-refractivity contribution in [3.05, 3.63) is 18.7 Å². The van der Waals surface area contributed by atoms with Crippen LogP contribution in [0.2, 0.25) is 0 Å². The molecule has 0 unspecified atom stereocenters. The molecule has 1 fully saturated rings. The summed E-state index contributed by atoms with van der Waals surface area (Å²) in [4.78, 5) is 33.9. The number of ether oxygens (including phenoxy) is 2. The van der Waals surface area contributed by atoms with E-state index in [4.69, 9.17) is 20.3 Å². The first kappa shape index (κ1) is 23.5. The largest absolute Gasteiger partial charge is 0.480 e. The zero-order valence-corrected chi connectivity index (χ0v) is 18.8. The third-order valence-corrected chi connectivity index (χ3v) is 5.52. The molecule has 1 aliphatic rings. The number of aliphatic hydroxyl groups is 1. The minimum Gasteiger partial charge on any atom is -0.480 e. The smallest absolute Gasteiger partial charge is 0.248 e. The molecule has 0 radical (unpaired) electrons. The third kappa shape index (κ3) is 5.75. The van der Waals surface area contributed by atoms with Gasteiger partial charge in [-0.05, 0) is 17.8 Å². The maximum atomic E-state index is 11.6. The quantitative estimate of drug-likeness (QED) is 0.346. The fourth-order valence-electron chi connectivity index (χ4n) is 3.04. The molecule has 2 aromatic heterocycles. The van der Waals surface area contributed by atoms with E-state index in [0.717, 1.165) is 30.9 Å². The van der Waals surface area contributed by atoms with Gasteiger partial charge in [-0.1, -0.05) is 6.58 Å². The Kier molecular flexibility index (Phi) is 8.03. The Labute approximate surface area is 189 Å². The van der Waals surface area contributed by atoms with Gasteiger partial charge < -0.3 is 30.5 Å². The summed E-state index contributed by atoms with van der Waals surface area (Å²) in [7, 11) is 3.01. The van der Waals surface area contributed by atoms with E-state index in [2.05, 4.69) is 36.7 Å². The number of nitrogens with two attached hydrogens (primary N) is 1. The van der Waals surface area contributed by atoms with E-state index in [-0.39, 0.29) is 23.4 Å². The summed E-state index contributed by atoms with van der Waals surface area (Å²) in [6.45, 7) is 7.20. The lowest BCUT2D eigenvalue weighted by Gasteiger charge is -2.34. The number of hydrogen-bond acceptors (Lipinski definition) is 12. The van der Waals surface area contributed by atoms with Crippen LogP contribution in [-0.4, -0.2) is 89.4 Å². The number of nitrogens with one attached hydrogen (secondary N) is 1. The van der Waals surface area contributed by atoms with Crippen LogP contribution in [0.4, 0.5) is 17.6 Å². The lowest BCUT2D eigenvalue weighted by Crippen LogP contribution is -2.47. The van der Waals surface area contributed by atoms with Gasteiger partial charge in [-0.25, -0.2) is 9.97 Å². The molecule has 0 saturated carbocycles. The zero-order valence-electron chi connectivity index (χ0n) is 17.9. The van der Waals surface area contributed by atoms with Crippen molar-refractivity contribution >= 4 is 35.3 Å². The average molecular weight is 463 g/mol. The number of hydrogen-bond donors (Lipinski definition) is 3. The molecule has 0 spiro atoms. The van der Waals surface area contributed by atoms with Crippen LogP contribution < -0.4 is 25.4 Å². The van der Waals surface area contributed by atoms with E-state index < -0.39 is 5.91 Å². The van der Waals surface area contributed by atoms with Crippen LogP contribution >= 0.6 is 11.8 Å². The molecular weight excluding hydrogens is 436 g/mol. The second kappa shape index (κ2) is 10.9. The van der Waals surface area contributed by atoms with Crippen LogP contribution in [0.3, 0.4) is 0 Å². The Morgan fingerprint density at radius 1 is 1.22 bits per heavy atom. The highest BCUT2D eigenvalue weighted by Gasteiger charge is 2.24. The Bertz CT molecular complexity index is 943. The van der Waals surface area contributed by atoms with E-state index in [1.807, 2.05) is 4.90 Å². The number of aliphatic hydroxyl groups excluding tert-OH is 1. The minimum absolute atomic E-state index is 0.134. The third-order valence-electron chi connectivity index (χ3n) is 4.61. The summed E-state index contributed by atoms with van der Waals surface area (Å²) in [6, 6.07) is 1.44. The topological polar surface area (TPSA) is 152 Å². The van der Waals surface area contributed by atoms with Gasteiger partial charge in [0.15, 0.2) is 5.16 Å². The lowest BCUT2D eigenvalue weighted by molar-refractivity contribution is -0.111. The Balaban J connectivity index is 1.86. The number of anilines is 3. The van der Waals surface area contributed by atoms with E-state index in [1.165, 1.54) is 20.3 Å². The summed E-state index contributed by atoms with van der Waals surface area (Å²) >= 11 is 1.11. The van der Waals surface area contributed by atoms with Crippen LogP contribution in [0.1, 0.15) is 0 Å². The molecule has 172 valence electrons. The molecule has 1 aliphatic heterocycles. The monoisotopic (exact) mass is 462 g/mol. The number of amides is 1. The maximum absolute atomic E-state index is 11.6. The first-order valence-corrected chi connectivity index (χ1v) is 10.6. The Morgan fingerprint density at radius 3 is 2.44 bits per heavy atom. The van der Waals surface area contributed by atoms with Gasteiger partial charge in [0.25, 0.3) is 0 Å². The van der Waals surface area contributed by atoms with E-state index in [0.29, 0.717) is 42.2 Å². The number of β-amino-alcohol motifs (C(OH)–C–C–N with tert-alkyl or cyclic N) is 1. The van der Waals surface area contributed by atoms with Crippen molar-refractivity contribution in [1.82, 2.24) is 24.8 Å². The van der Waals surface area contributed by atoms with Gasteiger partial charge >= 0.3 is 0 Å². The van der Waals surface area contributed by atoms with Crippen LogP contribution in [0, 0.1) is 0 Å². The van der Waals surface area contributed by atoms with Gasteiger partial charge in [0.1, 0.15) is 16.5 Å². The molecule has 0 bridgehead atoms. The van der Waals surface area contributed by atoms with Crippen molar-refractivity contribution in [3.8, 4) is 11.8 Å². The molecule has 3 rings (SSSR count). The van der Waals surface area contributed by atoms with Gasteiger partial charge in [0, 0.05) is 38.8 Å². The average Bonchev–Trinajstić information content (AvgIpc) is 2.79. The van der Waals surface area contributed by atoms with Gasteiger partial charge in [-0.15, -0.1) is 0 Å². The van der Waals surface area contributed by atoms with Gasteiger partial charge in [0.2, 0.25) is 23.6 Å². The van der Waals surface area contributed by atoms with Crippen molar-refractivity contribution in [2.24, 2.45) is 0 Å². The number of nitrogens with zero attached hydrogens (tertiary/aromatic N) is 6. The molecule has 1 amide bonds. The molecule has 0 aromatic carbocycles. The van der Waals surface area contributed by atoms with Gasteiger partial charge in [-0.2, -0.15) is 9.97 Å². The maximum Gasteiger partial charge on any atom is 0.248 e. The first-order chi connectivity index (χ1) is 15.5. The number of piperazine rings is 1. The van der Waals surface area contributed by atoms with Crippen molar-refractivity contribution in [2.75, 3.05) is 69.5 Å². The molecule has 0 atom stereocenters. The zero-order chi connectivity index (χ0) is 23.1. The Hall–Kier alpha value is -3.16. The highest BCUT2D eigenvalue weighted by Crippen LogP contribution is 2.40. The van der Waals surface area contributed by atoms with Gasteiger partial charge in [-0.3, -0.25) is 9.69 Å². The van der Waals surface area contributed by atoms with Crippen LogP contribution in [0.15, 0.2) is 28.8 Å². The highest BCUT2D eigenvalue weighted by molar-refractivity contribution is 7.99. The van der Waals surface area contributed by atoms with Crippen molar-refractivity contribution < 1.29 is 19.4 Å². The summed E-state index contributed by atoms with van der Waals surface area (Å²) < 4.78 is 11.0. The predicted molar refractivity (Wildman–Crippen MR) is 120 cm³/mol. The number of aromatic nitrogens is 4. The molecule has 13 heteroatoms. The summed E-state index contributed by atoms with van der Waals surface area (Å²) in [5.41, 5.74) is 5.86. The highest BCUT2D eigenvalue weighted by atomic mass is 32.2. The molecule has 4 N–H and O–H groups in total. The molecule has 32 heavy (non-hydrogen) atoms.